The topological polar surface area (TPSA) is 50.1 Å². The molecule has 0 bridgehead atoms. The molecular weight excluding hydrogens is 348 g/mol. The van der Waals surface area contributed by atoms with Gasteiger partial charge in [0, 0.05) is 4.90 Å². The average Bonchev–Trinajstić information content (AvgIpc) is 2.34. The average molecular weight is 357 g/mol. The fraction of sp³-hybridized carbons (Fsp3) is 0.385. The van der Waals surface area contributed by atoms with E-state index in [1.54, 1.807) is 0 Å². The predicted molar refractivity (Wildman–Crippen MR) is 68.4 cm³/mol. The lowest BCUT2D eigenvalue weighted by Crippen LogP contribution is -2.14. The van der Waals surface area contributed by atoms with Gasteiger partial charge in [-0.15, -0.1) is 0 Å². The van der Waals surface area contributed by atoms with Gasteiger partial charge in [0.1, 0.15) is 0 Å². The van der Waals surface area contributed by atoms with Crippen LogP contribution in [0.4, 0.5) is 26.3 Å². The fourth-order valence-corrected chi connectivity index (χ4v) is 2.53. The van der Waals surface area contributed by atoms with Crippen molar-refractivity contribution < 1.29 is 35.9 Å². The van der Waals surface area contributed by atoms with Crippen LogP contribution in [0.2, 0.25) is 0 Å². The second-order valence-corrected chi connectivity index (χ2v) is 5.26. The standard InChI is InChI=1S/C13H9F6NO2S/c1-2-22-10(21)5-7-3-8(6-20)11(12(14,15)16)9(4-7)23-13(17,18)19/h3-4H,2,5H2,1H3. The first-order valence-corrected chi connectivity index (χ1v) is 6.85. The van der Waals surface area contributed by atoms with Gasteiger partial charge in [-0.1, -0.05) is 0 Å². The quantitative estimate of drug-likeness (QED) is 0.458. The van der Waals surface area contributed by atoms with Gasteiger partial charge in [0.15, 0.2) is 0 Å². The van der Waals surface area contributed by atoms with Crippen molar-refractivity contribution in [3.05, 3.63) is 28.8 Å². The normalized spacial score (nSPS) is 11.9. The Labute approximate surface area is 131 Å². The van der Waals surface area contributed by atoms with Crippen LogP contribution in [0, 0.1) is 11.3 Å². The minimum Gasteiger partial charge on any atom is -0.466 e. The van der Waals surface area contributed by atoms with Crippen LogP contribution in [0.5, 0.6) is 0 Å². The number of halogens is 6. The van der Waals surface area contributed by atoms with Gasteiger partial charge in [-0.3, -0.25) is 4.79 Å². The van der Waals surface area contributed by atoms with Crippen molar-refractivity contribution in [3.63, 3.8) is 0 Å². The van der Waals surface area contributed by atoms with Gasteiger partial charge in [-0.25, -0.2) is 0 Å². The molecule has 0 heterocycles. The lowest BCUT2D eigenvalue weighted by Gasteiger charge is -2.16. The summed E-state index contributed by atoms with van der Waals surface area (Å²) in [4.78, 5) is 10.2. The van der Waals surface area contributed by atoms with Crippen molar-refractivity contribution in [2.24, 2.45) is 0 Å². The highest BCUT2D eigenvalue weighted by molar-refractivity contribution is 8.00. The van der Waals surface area contributed by atoms with Crippen LogP contribution >= 0.6 is 11.8 Å². The number of benzene rings is 1. The van der Waals surface area contributed by atoms with Crippen molar-refractivity contribution in [1.29, 1.82) is 5.26 Å². The monoisotopic (exact) mass is 357 g/mol. The molecule has 10 heteroatoms. The molecule has 1 aromatic carbocycles. The van der Waals surface area contributed by atoms with E-state index in [0.717, 1.165) is 6.07 Å². The Hall–Kier alpha value is -1.89. The number of nitrogens with zero attached hydrogens (tertiary/aromatic N) is 1. The summed E-state index contributed by atoms with van der Waals surface area (Å²) in [6, 6.07) is 2.55. The SMILES string of the molecule is CCOC(=O)Cc1cc(C#N)c(C(F)(F)F)c(SC(F)(F)F)c1. The number of rotatable bonds is 4. The van der Waals surface area contributed by atoms with E-state index in [0.29, 0.717) is 6.07 Å². The zero-order valence-electron chi connectivity index (χ0n) is 11.5. The third kappa shape index (κ3) is 5.67. The molecule has 0 fully saturated rings. The summed E-state index contributed by atoms with van der Waals surface area (Å²) < 4.78 is 80.9. The first kappa shape index (κ1) is 19.2. The second kappa shape index (κ2) is 7.12. The lowest BCUT2D eigenvalue weighted by molar-refractivity contribution is -0.142. The molecule has 0 radical (unpaired) electrons. The number of nitriles is 1. The molecule has 1 rings (SSSR count). The lowest BCUT2D eigenvalue weighted by atomic mass is 10.0. The molecule has 0 spiro atoms. The molecule has 0 aromatic heterocycles. The Morgan fingerprint density at radius 3 is 2.30 bits per heavy atom. The highest BCUT2D eigenvalue weighted by atomic mass is 32.2. The van der Waals surface area contributed by atoms with Crippen molar-refractivity contribution in [2.45, 2.75) is 29.9 Å². The van der Waals surface area contributed by atoms with Gasteiger partial charge in [-0.2, -0.15) is 31.6 Å². The van der Waals surface area contributed by atoms with Crippen molar-refractivity contribution in [3.8, 4) is 6.07 Å². The highest BCUT2D eigenvalue weighted by Crippen LogP contribution is 2.45. The molecule has 0 atom stereocenters. The third-order valence-electron chi connectivity index (χ3n) is 2.45. The summed E-state index contributed by atoms with van der Waals surface area (Å²) in [5.41, 5.74) is -7.80. The number of thioether (sulfide) groups is 1. The summed E-state index contributed by atoms with van der Waals surface area (Å²) in [7, 11) is 0. The number of alkyl halides is 6. The summed E-state index contributed by atoms with van der Waals surface area (Å²) in [5, 5.41) is 8.81. The second-order valence-electron chi connectivity index (χ2n) is 4.16. The zero-order chi connectivity index (χ0) is 17.8. The molecule has 126 valence electrons. The molecule has 0 N–H and O–H groups in total. The van der Waals surface area contributed by atoms with Crippen LogP contribution in [0.25, 0.3) is 0 Å². The third-order valence-corrected chi connectivity index (χ3v) is 3.22. The maximum atomic E-state index is 13.0. The Kier molecular flexibility index (Phi) is 5.93. The van der Waals surface area contributed by atoms with E-state index in [-0.39, 0.29) is 12.2 Å². The molecule has 1 aromatic rings. The van der Waals surface area contributed by atoms with E-state index < -0.39 is 51.9 Å². The van der Waals surface area contributed by atoms with Crippen LogP contribution in [0.3, 0.4) is 0 Å². The van der Waals surface area contributed by atoms with Crippen LogP contribution < -0.4 is 0 Å². The first-order chi connectivity index (χ1) is 10.5. The highest BCUT2D eigenvalue weighted by Gasteiger charge is 2.41. The van der Waals surface area contributed by atoms with E-state index in [1.165, 1.54) is 13.0 Å². The van der Waals surface area contributed by atoms with Gasteiger partial charge in [0.05, 0.1) is 30.2 Å². The molecule has 0 saturated carbocycles. The van der Waals surface area contributed by atoms with Gasteiger partial charge < -0.3 is 4.74 Å². The van der Waals surface area contributed by atoms with Crippen LogP contribution in [0.15, 0.2) is 17.0 Å². The molecule has 0 unspecified atom stereocenters. The molecule has 0 saturated heterocycles. The van der Waals surface area contributed by atoms with Gasteiger partial charge in [0.25, 0.3) is 0 Å². The molecule has 3 nitrogen and oxygen atoms in total. The fourth-order valence-electron chi connectivity index (χ4n) is 1.74. The number of carbonyl (C=O) groups excluding carboxylic acids is 1. The minimum absolute atomic E-state index is 0.00866. The largest absolute Gasteiger partial charge is 0.466 e. The van der Waals surface area contributed by atoms with Crippen molar-refractivity contribution in [1.82, 2.24) is 0 Å². The maximum Gasteiger partial charge on any atom is 0.446 e. The summed E-state index contributed by atoms with van der Waals surface area (Å²) in [5.74, 6) is -0.820. The molecule has 0 amide bonds. The summed E-state index contributed by atoms with van der Waals surface area (Å²) in [6.45, 7) is 1.50. The molecule has 0 aliphatic heterocycles. The zero-order valence-corrected chi connectivity index (χ0v) is 12.3. The van der Waals surface area contributed by atoms with E-state index in [4.69, 9.17) is 5.26 Å². The number of hydrogen-bond acceptors (Lipinski definition) is 4. The molecule has 0 aliphatic carbocycles. The predicted octanol–water partition coefficient (Wildman–Crippen LogP) is 4.29. The maximum absolute atomic E-state index is 13.0. The summed E-state index contributed by atoms with van der Waals surface area (Å²) >= 11 is -0.985. The smallest absolute Gasteiger partial charge is 0.446 e. The molecule has 0 aliphatic rings. The Balaban J connectivity index is 3.42. The Bertz CT molecular complexity index is 633. The first-order valence-electron chi connectivity index (χ1n) is 6.03. The van der Waals surface area contributed by atoms with Crippen molar-refractivity contribution >= 4 is 17.7 Å². The number of hydrogen-bond donors (Lipinski definition) is 0. The van der Waals surface area contributed by atoms with E-state index in [1.807, 2.05) is 0 Å². The van der Waals surface area contributed by atoms with Crippen LogP contribution in [0.1, 0.15) is 23.6 Å². The number of carbonyl (C=O) groups is 1. The van der Waals surface area contributed by atoms with E-state index in [2.05, 4.69) is 4.74 Å². The van der Waals surface area contributed by atoms with E-state index >= 15 is 0 Å². The minimum atomic E-state index is -5.14. The molecular formula is C13H9F6NO2S. The van der Waals surface area contributed by atoms with Crippen LogP contribution in [-0.4, -0.2) is 18.1 Å². The Morgan fingerprint density at radius 1 is 1.26 bits per heavy atom. The van der Waals surface area contributed by atoms with Crippen molar-refractivity contribution in [2.75, 3.05) is 6.61 Å². The van der Waals surface area contributed by atoms with Gasteiger partial charge >= 0.3 is 17.7 Å². The number of ether oxygens (including phenoxy) is 1. The molecule has 23 heavy (non-hydrogen) atoms. The summed E-state index contributed by atoms with van der Waals surface area (Å²) in [6.07, 6.45) is -5.67. The van der Waals surface area contributed by atoms with Gasteiger partial charge in [-0.05, 0) is 36.4 Å². The van der Waals surface area contributed by atoms with E-state index in [9.17, 15) is 31.1 Å². The van der Waals surface area contributed by atoms with Gasteiger partial charge in [0.2, 0.25) is 0 Å². The number of esters is 1. The van der Waals surface area contributed by atoms with Crippen LogP contribution in [-0.2, 0) is 22.1 Å². The Morgan fingerprint density at radius 2 is 1.87 bits per heavy atom.